The smallest absolute Gasteiger partial charge is 0.244 e. The first-order chi connectivity index (χ1) is 16.2. The highest BCUT2D eigenvalue weighted by Gasteiger charge is 2.51. The van der Waals surface area contributed by atoms with Crippen LogP contribution in [0.1, 0.15) is 43.9 Å². The van der Waals surface area contributed by atoms with Gasteiger partial charge in [-0.05, 0) is 55.1 Å². The van der Waals surface area contributed by atoms with E-state index in [1.807, 2.05) is 51.1 Å². The van der Waals surface area contributed by atoms with Gasteiger partial charge >= 0.3 is 0 Å². The molecule has 1 aromatic carbocycles. The highest BCUT2D eigenvalue weighted by atomic mass is 16.2. The molecule has 8 nitrogen and oxygen atoms in total. The van der Waals surface area contributed by atoms with Crippen molar-refractivity contribution in [1.82, 2.24) is 15.2 Å². The molecule has 3 aliphatic rings. The number of nitrogens with zero attached hydrogens (tertiary/aromatic N) is 2. The molecular formula is C26H31N5O3. The minimum atomic E-state index is -0.639. The van der Waals surface area contributed by atoms with Gasteiger partial charge in [0.25, 0.3) is 0 Å². The summed E-state index contributed by atoms with van der Waals surface area (Å²) in [6.45, 7) is 7.21. The van der Waals surface area contributed by atoms with Gasteiger partial charge in [-0.3, -0.25) is 14.4 Å². The average molecular weight is 462 g/mol. The second kappa shape index (κ2) is 8.20. The lowest BCUT2D eigenvalue weighted by molar-refractivity contribution is -0.144. The number of hydrogen-bond donors (Lipinski definition) is 3. The third-order valence-electron chi connectivity index (χ3n) is 7.16. The highest BCUT2D eigenvalue weighted by molar-refractivity contribution is 6.06. The molecular weight excluding hydrogens is 430 g/mol. The van der Waals surface area contributed by atoms with Crippen LogP contribution in [0.3, 0.4) is 0 Å². The van der Waals surface area contributed by atoms with Gasteiger partial charge in [0.05, 0.1) is 5.41 Å². The van der Waals surface area contributed by atoms with Crippen LogP contribution in [-0.4, -0.2) is 53.3 Å². The standard InChI is InChI=1S/C26H31N5O3/c1-25(2,3)24(34)31(19-8-10-27-14-19)15-21(32)29-18-7-6-16-12-26(13-17(16)11-18)20-5-4-9-28-22(20)30-23(26)33/h4-7,9,11,19,27H,8,10,12-15H2,1-3H3,(H,29,32)(H,28,30,33)/t19-,26?/m0/s1. The van der Waals surface area contributed by atoms with E-state index >= 15 is 0 Å². The minimum absolute atomic E-state index is 0.0188. The lowest BCUT2D eigenvalue weighted by Crippen LogP contribution is -2.50. The summed E-state index contributed by atoms with van der Waals surface area (Å²) in [6, 6.07) is 9.66. The number of benzene rings is 1. The van der Waals surface area contributed by atoms with Crippen molar-refractivity contribution in [2.45, 2.75) is 51.5 Å². The summed E-state index contributed by atoms with van der Waals surface area (Å²) >= 11 is 0. The van der Waals surface area contributed by atoms with Crippen LogP contribution in [-0.2, 0) is 32.6 Å². The molecule has 1 fully saturated rings. The molecule has 3 amide bonds. The van der Waals surface area contributed by atoms with Crippen molar-refractivity contribution in [2.24, 2.45) is 5.41 Å². The molecule has 1 aliphatic carbocycles. The second-order valence-electron chi connectivity index (χ2n) is 10.7. The van der Waals surface area contributed by atoms with Gasteiger partial charge in [0.15, 0.2) is 0 Å². The number of carbonyl (C=O) groups is 3. The number of amides is 3. The third-order valence-corrected chi connectivity index (χ3v) is 7.16. The Labute approximate surface area is 199 Å². The Bertz CT molecular complexity index is 1170. The van der Waals surface area contributed by atoms with E-state index in [1.165, 1.54) is 0 Å². The van der Waals surface area contributed by atoms with Crippen LogP contribution in [0.15, 0.2) is 36.5 Å². The van der Waals surface area contributed by atoms with Gasteiger partial charge < -0.3 is 20.9 Å². The van der Waals surface area contributed by atoms with Gasteiger partial charge in [-0.1, -0.05) is 32.9 Å². The zero-order chi connectivity index (χ0) is 24.1. The highest BCUT2D eigenvalue weighted by Crippen LogP contribution is 2.46. The molecule has 1 spiro atoms. The number of carbonyl (C=O) groups excluding carboxylic acids is 3. The van der Waals surface area contributed by atoms with E-state index in [9.17, 15) is 14.4 Å². The lowest BCUT2D eigenvalue weighted by atomic mass is 9.79. The van der Waals surface area contributed by atoms with Gasteiger partial charge in [0.1, 0.15) is 12.4 Å². The van der Waals surface area contributed by atoms with Gasteiger partial charge in [-0.15, -0.1) is 0 Å². The van der Waals surface area contributed by atoms with Gasteiger partial charge in [-0.2, -0.15) is 0 Å². The van der Waals surface area contributed by atoms with Crippen molar-refractivity contribution in [3.63, 3.8) is 0 Å². The summed E-state index contributed by atoms with van der Waals surface area (Å²) < 4.78 is 0. The molecule has 5 rings (SSSR count). The fourth-order valence-electron chi connectivity index (χ4n) is 5.40. The maximum Gasteiger partial charge on any atom is 0.244 e. The summed E-state index contributed by atoms with van der Waals surface area (Å²) in [6.07, 6.45) is 3.71. The third kappa shape index (κ3) is 3.86. The van der Waals surface area contributed by atoms with Gasteiger partial charge in [0, 0.05) is 35.4 Å². The zero-order valence-corrected chi connectivity index (χ0v) is 19.9. The molecule has 1 saturated heterocycles. The summed E-state index contributed by atoms with van der Waals surface area (Å²) in [4.78, 5) is 45.0. The largest absolute Gasteiger partial charge is 0.329 e. The summed E-state index contributed by atoms with van der Waals surface area (Å²) in [5, 5.41) is 9.18. The number of aromatic nitrogens is 1. The average Bonchev–Trinajstić information content (AvgIpc) is 3.50. The molecule has 8 heteroatoms. The molecule has 3 N–H and O–H groups in total. The molecule has 34 heavy (non-hydrogen) atoms. The molecule has 1 aromatic heterocycles. The van der Waals surface area contributed by atoms with E-state index in [2.05, 4.69) is 20.9 Å². The van der Waals surface area contributed by atoms with Gasteiger partial charge in [-0.25, -0.2) is 4.98 Å². The second-order valence-corrected chi connectivity index (χ2v) is 10.7. The van der Waals surface area contributed by atoms with Crippen molar-refractivity contribution < 1.29 is 14.4 Å². The van der Waals surface area contributed by atoms with E-state index in [4.69, 9.17) is 0 Å². The Morgan fingerprint density at radius 1 is 1.21 bits per heavy atom. The van der Waals surface area contributed by atoms with Crippen LogP contribution in [0, 0.1) is 5.41 Å². The van der Waals surface area contributed by atoms with Crippen molar-refractivity contribution in [3.05, 3.63) is 53.2 Å². The van der Waals surface area contributed by atoms with E-state index in [0.717, 1.165) is 29.7 Å². The van der Waals surface area contributed by atoms with Crippen LogP contribution < -0.4 is 16.0 Å². The lowest BCUT2D eigenvalue weighted by Gasteiger charge is -2.33. The fraction of sp³-hybridized carbons (Fsp3) is 0.462. The molecule has 2 aliphatic heterocycles. The van der Waals surface area contributed by atoms with Crippen LogP contribution in [0.5, 0.6) is 0 Å². The predicted octanol–water partition coefficient (Wildman–Crippen LogP) is 2.25. The Morgan fingerprint density at radius 3 is 2.74 bits per heavy atom. The first kappa shape index (κ1) is 22.5. The first-order valence-electron chi connectivity index (χ1n) is 11.9. The quantitative estimate of drug-likeness (QED) is 0.648. The molecule has 2 aromatic rings. The number of rotatable bonds is 4. The van der Waals surface area contributed by atoms with Gasteiger partial charge in [0.2, 0.25) is 17.7 Å². The SMILES string of the molecule is CC(C)(C)C(=O)N(CC(=O)Nc1ccc2c(c1)CC1(C2)C(=O)Nc2ncccc21)[C@H]1CCNC1. The Kier molecular flexibility index (Phi) is 5.43. The molecule has 3 heterocycles. The number of anilines is 2. The van der Waals surface area contributed by atoms with Crippen molar-refractivity contribution in [1.29, 1.82) is 0 Å². The summed E-state index contributed by atoms with van der Waals surface area (Å²) in [5.41, 5.74) is 2.57. The Hall–Kier alpha value is -3.26. The van der Waals surface area contributed by atoms with Crippen LogP contribution in [0.2, 0.25) is 0 Å². The monoisotopic (exact) mass is 461 g/mol. The number of nitrogens with one attached hydrogen (secondary N) is 3. The maximum absolute atomic E-state index is 13.0. The van der Waals surface area contributed by atoms with E-state index in [-0.39, 0.29) is 30.3 Å². The molecule has 2 atom stereocenters. The van der Waals surface area contributed by atoms with E-state index < -0.39 is 10.8 Å². The zero-order valence-electron chi connectivity index (χ0n) is 19.9. The summed E-state index contributed by atoms with van der Waals surface area (Å²) in [5.74, 6) is 0.375. The minimum Gasteiger partial charge on any atom is -0.329 e. The number of pyridine rings is 1. The Morgan fingerprint density at radius 2 is 2.00 bits per heavy atom. The van der Waals surface area contributed by atoms with E-state index in [1.54, 1.807) is 11.1 Å². The molecule has 0 saturated carbocycles. The topological polar surface area (TPSA) is 103 Å². The van der Waals surface area contributed by atoms with Crippen LogP contribution >= 0.6 is 0 Å². The summed E-state index contributed by atoms with van der Waals surface area (Å²) in [7, 11) is 0. The fourth-order valence-corrected chi connectivity index (χ4v) is 5.40. The number of fused-ring (bicyclic) bond motifs is 3. The molecule has 1 unspecified atom stereocenters. The van der Waals surface area contributed by atoms with Crippen LogP contribution in [0.25, 0.3) is 0 Å². The van der Waals surface area contributed by atoms with E-state index in [0.29, 0.717) is 30.9 Å². The molecule has 178 valence electrons. The Balaban J connectivity index is 1.32. The first-order valence-corrected chi connectivity index (χ1v) is 11.9. The van der Waals surface area contributed by atoms with Crippen LogP contribution in [0.4, 0.5) is 11.5 Å². The molecule has 0 radical (unpaired) electrons. The number of hydrogen-bond acceptors (Lipinski definition) is 5. The normalized spacial score (nSPS) is 22.9. The molecule has 0 bridgehead atoms. The van der Waals surface area contributed by atoms with Crippen molar-refractivity contribution in [2.75, 3.05) is 30.3 Å². The maximum atomic E-state index is 13.0. The van der Waals surface area contributed by atoms with Crippen molar-refractivity contribution in [3.8, 4) is 0 Å². The predicted molar refractivity (Wildman–Crippen MR) is 129 cm³/mol. The van der Waals surface area contributed by atoms with Crippen molar-refractivity contribution >= 4 is 29.2 Å².